The number of ether oxygens (including phenoxy) is 17. The van der Waals surface area contributed by atoms with Crippen molar-refractivity contribution in [1.29, 1.82) is 0 Å². The minimum Gasteiger partial charge on any atom is -0.394 e. The van der Waals surface area contributed by atoms with Crippen molar-refractivity contribution in [2.45, 2.75) is 286 Å². The van der Waals surface area contributed by atoms with Crippen LogP contribution in [-0.2, 0) is 80.5 Å². The van der Waals surface area contributed by atoms with Crippen molar-refractivity contribution in [3.8, 4) is 0 Å². The maximum absolute atomic E-state index is 12.5. The summed E-state index contributed by atoms with van der Waals surface area (Å²) < 4.78 is 102. The second-order valence-corrected chi connectivity index (χ2v) is 27.0. The Morgan fingerprint density at radius 1 is 0.200 bits per heavy atom. The molecule has 41 heteroatoms. The summed E-state index contributed by atoms with van der Waals surface area (Å²) in [6, 6.07) is 0. The topological polar surface area (TPSA) is 642 Å². The van der Waals surface area contributed by atoms with Crippen LogP contribution in [0.5, 0.6) is 0 Å². The summed E-state index contributed by atoms with van der Waals surface area (Å²) in [5.74, 6) is -4.27. The SMILES string of the molecule is CC1C(O)[C@H](O[C@@H]2OC(CO)[C@H](O)[C@H](O)C2O)[C@H](CO)O[C@H]1OC1[C@H](OCC2O[C@@H](O[C@@H]3C(CO)O[C@@H](O[C@@H]4C(CO)O[C@@H](C)C(C)[C@H]4O)C(C)[C@H]3O)C(O)[C@@H](O[C@H]3OC(CO)[C@@H](O)C(O)C3O[C@@H]3OC(CO)[C@@H](O[C@@H]4OC(CO)[C@H](O)[C@H](O)C4O)[C@H](O)C3C)C2O)OC(CO)[C@@H](O)[C@@H]1O. The van der Waals surface area contributed by atoms with E-state index in [0.29, 0.717) is 0 Å². The molecule has 0 spiro atoms. The molecule has 0 aromatic rings. The maximum Gasteiger partial charge on any atom is 0.187 e. The van der Waals surface area contributed by atoms with E-state index in [1.165, 1.54) is 20.8 Å². The molecule has 9 aliphatic rings. The zero-order chi connectivity index (χ0) is 73.4. The van der Waals surface area contributed by atoms with Gasteiger partial charge in [0.1, 0.15) is 171 Å². The number of hydrogen-bond acceptors (Lipinski definition) is 41. The minimum absolute atomic E-state index is 0.522. The molecule has 9 heterocycles. The Morgan fingerprint density at radius 3 is 0.830 bits per heavy atom. The summed E-state index contributed by atoms with van der Waals surface area (Å²) in [5.41, 5.74) is 0. The molecule has 9 rings (SSSR count). The molecule has 100 heavy (non-hydrogen) atoms. The highest BCUT2D eigenvalue weighted by molar-refractivity contribution is 5.02. The van der Waals surface area contributed by atoms with Gasteiger partial charge in [0.05, 0.1) is 90.0 Å². The third-order valence-corrected chi connectivity index (χ3v) is 20.5. The third kappa shape index (κ3) is 17.0. The van der Waals surface area contributed by atoms with Gasteiger partial charge in [-0.15, -0.1) is 0 Å². The molecule has 0 aromatic carbocycles. The van der Waals surface area contributed by atoms with Crippen LogP contribution < -0.4 is 0 Å². The highest BCUT2D eigenvalue weighted by atomic mass is 16.8. The van der Waals surface area contributed by atoms with Crippen molar-refractivity contribution in [2.24, 2.45) is 23.7 Å². The van der Waals surface area contributed by atoms with Crippen molar-refractivity contribution in [1.82, 2.24) is 0 Å². The predicted molar refractivity (Wildman–Crippen MR) is 313 cm³/mol. The average molecular weight is 1470 g/mol. The normalized spacial score (nSPS) is 53.7. The van der Waals surface area contributed by atoms with E-state index in [-0.39, 0.29) is 0 Å². The van der Waals surface area contributed by atoms with Crippen LogP contribution in [-0.4, -0.2) is 434 Å². The van der Waals surface area contributed by atoms with Gasteiger partial charge in [-0.05, 0) is 6.92 Å². The first-order valence-corrected chi connectivity index (χ1v) is 33.3. The molecule has 0 aromatic heterocycles. The van der Waals surface area contributed by atoms with Crippen LogP contribution >= 0.6 is 0 Å². The molecular weight excluding hydrogens is 1360 g/mol. The van der Waals surface area contributed by atoms with Gasteiger partial charge in [0.25, 0.3) is 0 Å². The Bertz CT molecular complexity index is 2450. The predicted octanol–water partition coefficient (Wildman–Crippen LogP) is -14.5. The second kappa shape index (κ2) is 35.6. The molecule has 9 saturated heterocycles. The van der Waals surface area contributed by atoms with E-state index in [0.717, 1.165) is 0 Å². The first-order valence-electron chi connectivity index (χ1n) is 33.3. The summed E-state index contributed by atoms with van der Waals surface area (Å²) in [4.78, 5) is 0. The standard InChI is InChI=1S/C59H102O41/c1-15-19(5)85-24(10-64)45(29(15)68)94-52-16(2)30(69)48(27(13-67)90-52)97-57-44(83)49(98-59-51(41(80)36(75)23(9-63)89-59)100-54-18(4)32(71)47(26(12-66)92-54)96-56-43(82)39(78)34(73)21(7-61)87-56)37(76)28(93-57)14-84-58-50(40(79)35(74)22(8-62)88-58)99-53-17(3)31(70)46(25(11-65)91-53)95-55-42(81)38(77)33(72)20(6-60)86-55/h15-83H,6-14H2,1-5H3/t15?,16?,17?,18?,19-,20?,21?,22?,23?,24?,25-,26?,27?,28?,29+,30+,31?,32+,33-,34-,35+,36+,37?,38-,39-,40-,41?,42?,43?,44?,45+,46+,47+,48+,49-,50?,51?,52-,53-,54-,55-,56-,57-,58+,59+/m0/s1. The molecule has 45 atom stereocenters. The van der Waals surface area contributed by atoms with Crippen molar-refractivity contribution in [3.05, 3.63) is 0 Å². The van der Waals surface area contributed by atoms with Gasteiger partial charge in [-0.3, -0.25) is 0 Å². The first kappa shape index (κ1) is 82.4. The fourth-order valence-corrected chi connectivity index (χ4v) is 13.8. The van der Waals surface area contributed by atoms with E-state index < -0.39 is 335 Å². The molecule has 0 radical (unpaired) electrons. The lowest BCUT2D eigenvalue weighted by Gasteiger charge is -2.51. The molecule has 24 N–H and O–H groups in total. The molecule has 0 aliphatic carbocycles. The number of aliphatic hydroxyl groups excluding tert-OH is 24. The fourth-order valence-electron chi connectivity index (χ4n) is 13.8. The number of aliphatic hydroxyl groups is 24. The molecule has 0 bridgehead atoms. The molecule has 0 amide bonds. The highest BCUT2D eigenvalue weighted by Crippen LogP contribution is 2.42. The highest BCUT2D eigenvalue weighted by Gasteiger charge is 2.60. The molecular formula is C59H102O41. The van der Waals surface area contributed by atoms with Crippen molar-refractivity contribution >= 4 is 0 Å². The van der Waals surface area contributed by atoms with Gasteiger partial charge in [-0.25, -0.2) is 0 Å². The summed E-state index contributed by atoms with van der Waals surface area (Å²) in [5, 5.41) is 263. The van der Waals surface area contributed by atoms with Crippen LogP contribution in [0.3, 0.4) is 0 Å². The smallest absolute Gasteiger partial charge is 0.187 e. The molecule has 584 valence electrons. The maximum atomic E-state index is 12.5. The summed E-state index contributed by atoms with van der Waals surface area (Å²) in [6.45, 7) is -0.769. The van der Waals surface area contributed by atoms with Crippen molar-refractivity contribution in [3.63, 3.8) is 0 Å². The van der Waals surface area contributed by atoms with Gasteiger partial charge in [0, 0.05) is 23.7 Å². The Balaban J connectivity index is 0.986. The Morgan fingerprint density at radius 2 is 0.460 bits per heavy atom. The van der Waals surface area contributed by atoms with E-state index in [1.54, 1.807) is 13.8 Å². The summed E-state index contributed by atoms with van der Waals surface area (Å²) in [6.07, 6.45) is -72.7. The molecule has 9 fully saturated rings. The van der Waals surface area contributed by atoms with Gasteiger partial charge in [-0.2, -0.15) is 0 Å². The van der Waals surface area contributed by atoms with Gasteiger partial charge < -0.3 is 203 Å². The van der Waals surface area contributed by atoms with E-state index in [2.05, 4.69) is 0 Å². The van der Waals surface area contributed by atoms with Gasteiger partial charge in [0.15, 0.2) is 50.3 Å². The lowest BCUT2D eigenvalue weighted by atomic mass is 9.88. The molecule has 41 nitrogen and oxygen atoms in total. The van der Waals surface area contributed by atoms with Crippen LogP contribution in [0.15, 0.2) is 0 Å². The number of rotatable bonds is 25. The largest absolute Gasteiger partial charge is 0.394 e. The monoisotopic (exact) mass is 1470 g/mol. The quantitative estimate of drug-likeness (QED) is 0.0404. The summed E-state index contributed by atoms with van der Waals surface area (Å²) in [7, 11) is 0. The molecule has 0 saturated carbocycles. The van der Waals surface area contributed by atoms with E-state index >= 15 is 0 Å². The van der Waals surface area contributed by atoms with Gasteiger partial charge >= 0.3 is 0 Å². The zero-order valence-corrected chi connectivity index (χ0v) is 55.0. The van der Waals surface area contributed by atoms with Gasteiger partial charge in [0.2, 0.25) is 0 Å². The zero-order valence-electron chi connectivity index (χ0n) is 55.0. The second-order valence-electron chi connectivity index (χ2n) is 27.0. The van der Waals surface area contributed by atoms with Crippen LogP contribution in [0.1, 0.15) is 34.6 Å². The Hall–Kier alpha value is -1.64. The minimum atomic E-state index is -2.32. The van der Waals surface area contributed by atoms with Crippen LogP contribution in [0.25, 0.3) is 0 Å². The fraction of sp³-hybridized carbons (Fsp3) is 1.00. The molecule has 9 aliphatic heterocycles. The Labute approximate surface area is 571 Å². The average Bonchev–Trinajstić information content (AvgIpc) is 0.775. The van der Waals surface area contributed by atoms with Crippen LogP contribution in [0.2, 0.25) is 0 Å². The Kier molecular flexibility index (Phi) is 29.3. The first-order chi connectivity index (χ1) is 47.4. The molecule has 20 unspecified atom stereocenters. The van der Waals surface area contributed by atoms with E-state index in [4.69, 9.17) is 80.5 Å². The third-order valence-electron chi connectivity index (χ3n) is 20.5. The van der Waals surface area contributed by atoms with Crippen LogP contribution in [0.4, 0.5) is 0 Å². The van der Waals surface area contributed by atoms with E-state index in [9.17, 15) is 123 Å². The van der Waals surface area contributed by atoms with Gasteiger partial charge in [-0.1, -0.05) is 27.7 Å². The summed E-state index contributed by atoms with van der Waals surface area (Å²) >= 11 is 0. The van der Waals surface area contributed by atoms with Crippen molar-refractivity contribution in [2.75, 3.05) is 59.5 Å². The van der Waals surface area contributed by atoms with Crippen molar-refractivity contribution < 1.29 is 203 Å². The lowest BCUT2D eigenvalue weighted by Crippen LogP contribution is -2.68. The van der Waals surface area contributed by atoms with E-state index in [1.807, 2.05) is 0 Å². The van der Waals surface area contributed by atoms with Crippen LogP contribution in [0, 0.1) is 23.7 Å². The number of hydrogen-bond donors (Lipinski definition) is 24. The lowest BCUT2D eigenvalue weighted by molar-refractivity contribution is -0.402.